The molecule has 7 nitrogen and oxygen atoms in total. The van der Waals surface area contributed by atoms with Gasteiger partial charge < -0.3 is 20.6 Å². The molecule has 4 rings (SSSR count). The molecule has 1 saturated heterocycles. The van der Waals surface area contributed by atoms with Crippen LogP contribution in [0.1, 0.15) is 43.7 Å². The number of benzene rings is 1. The van der Waals surface area contributed by atoms with Gasteiger partial charge in [-0.25, -0.2) is 4.39 Å². The van der Waals surface area contributed by atoms with Gasteiger partial charge in [-0.05, 0) is 44.2 Å². The summed E-state index contributed by atoms with van der Waals surface area (Å²) in [6, 6.07) is 3.01. The standard InChI is InChI=1S/C23H33FN4O3/c1-14-6-7-20(24)19-11-21(26-22(14)19)23(31)25-16-4-3-5-17(10-16)27-8-9-28(15(2)30)18(12-27)13-29/h6-7,16-18,21,26,29H,3-5,8-13H2,1-2H3,(H,25,31)/t16-,17+,18+,21?/m1/s1. The van der Waals surface area contributed by atoms with E-state index in [0.29, 0.717) is 31.1 Å². The van der Waals surface area contributed by atoms with Gasteiger partial charge in [-0.3, -0.25) is 14.5 Å². The monoisotopic (exact) mass is 432 g/mol. The van der Waals surface area contributed by atoms with Crippen molar-refractivity contribution in [3.05, 3.63) is 29.1 Å². The van der Waals surface area contributed by atoms with E-state index >= 15 is 0 Å². The van der Waals surface area contributed by atoms with Crippen LogP contribution >= 0.6 is 0 Å². The van der Waals surface area contributed by atoms with Crippen LogP contribution in [-0.2, 0) is 16.0 Å². The number of halogens is 1. The van der Waals surface area contributed by atoms with E-state index < -0.39 is 6.04 Å². The van der Waals surface area contributed by atoms with E-state index in [4.69, 9.17) is 0 Å². The summed E-state index contributed by atoms with van der Waals surface area (Å²) >= 11 is 0. The molecular formula is C23H33FN4O3. The maximum atomic E-state index is 14.1. The average Bonchev–Trinajstić information content (AvgIpc) is 3.23. The molecule has 2 fully saturated rings. The van der Waals surface area contributed by atoms with Crippen LogP contribution in [0.25, 0.3) is 0 Å². The van der Waals surface area contributed by atoms with Gasteiger partial charge in [-0.15, -0.1) is 0 Å². The van der Waals surface area contributed by atoms with Gasteiger partial charge in [-0.2, -0.15) is 0 Å². The Hall–Kier alpha value is -2.19. The fraction of sp³-hybridized carbons (Fsp3) is 0.652. The summed E-state index contributed by atoms with van der Waals surface area (Å²) < 4.78 is 14.1. The molecule has 1 aromatic rings. The van der Waals surface area contributed by atoms with Crippen molar-refractivity contribution in [3.8, 4) is 0 Å². The van der Waals surface area contributed by atoms with E-state index in [1.807, 2.05) is 6.92 Å². The summed E-state index contributed by atoms with van der Waals surface area (Å²) in [5.74, 6) is -0.330. The molecule has 31 heavy (non-hydrogen) atoms. The van der Waals surface area contributed by atoms with E-state index in [-0.39, 0.29) is 36.3 Å². The normalized spacial score (nSPS) is 28.7. The minimum Gasteiger partial charge on any atom is -0.394 e. The molecule has 8 heteroatoms. The third-order valence-electron chi connectivity index (χ3n) is 7.15. The van der Waals surface area contributed by atoms with E-state index in [0.717, 1.165) is 43.5 Å². The first-order chi connectivity index (χ1) is 14.9. The minimum atomic E-state index is -0.441. The lowest BCUT2D eigenvalue weighted by atomic mass is 9.89. The predicted molar refractivity (Wildman–Crippen MR) is 116 cm³/mol. The number of carbonyl (C=O) groups is 2. The fourth-order valence-electron chi connectivity index (χ4n) is 5.44. The Morgan fingerprint density at radius 2 is 2.10 bits per heavy atom. The van der Waals surface area contributed by atoms with Gasteiger partial charge in [0, 0.05) is 56.3 Å². The molecule has 2 aliphatic heterocycles. The van der Waals surface area contributed by atoms with Crippen molar-refractivity contribution in [2.45, 2.75) is 70.1 Å². The Morgan fingerprint density at radius 3 is 2.81 bits per heavy atom. The fourth-order valence-corrected chi connectivity index (χ4v) is 5.44. The Labute approximate surface area is 183 Å². The number of nitrogens with zero attached hydrogens (tertiary/aromatic N) is 2. The zero-order valence-corrected chi connectivity index (χ0v) is 18.4. The number of rotatable bonds is 4. The number of hydrogen-bond acceptors (Lipinski definition) is 5. The van der Waals surface area contributed by atoms with Crippen molar-refractivity contribution in [1.29, 1.82) is 0 Å². The number of anilines is 1. The summed E-state index contributed by atoms with van der Waals surface area (Å²) in [4.78, 5) is 28.8. The van der Waals surface area contributed by atoms with E-state index in [2.05, 4.69) is 15.5 Å². The van der Waals surface area contributed by atoms with Gasteiger partial charge in [0.1, 0.15) is 11.9 Å². The highest BCUT2D eigenvalue weighted by Gasteiger charge is 2.36. The molecule has 1 saturated carbocycles. The molecule has 2 heterocycles. The number of aryl methyl sites for hydroxylation is 1. The number of hydrogen-bond donors (Lipinski definition) is 3. The molecule has 3 aliphatic rings. The quantitative estimate of drug-likeness (QED) is 0.670. The van der Waals surface area contributed by atoms with Gasteiger partial charge >= 0.3 is 0 Å². The number of piperazine rings is 1. The van der Waals surface area contributed by atoms with Crippen molar-refractivity contribution >= 4 is 17.5 Å². The second-order valence-electron chi connectivity index (χ2n) is 9.19. The second-order valence-corrected chi connectivity index (χ2v) is 9.19. The SMILES string of the molecule is CC(=O)N1CCN([C@H]2CCC[C@@H](NC(=O)C3Cc4c(F)ccc(C)c4N3)C2)C[C@H]1CO. The molecule has 1 aromatic carbocycles. The van der Waals surface area contributed by atoms with Gasteiger partial charge in [-0.1, -0.05) is 6.07 Å². The van der Waals surface area contributed by atoms with Crippen LogP contribution in [0.15, 0.2) is 12.1 Å². The number of nitrogens with one attached hydrogen (secondary N) is 2. The summed E-state index contributed by atoms with van der Waals surface area (Å²) in [6.07, 6.45) is 4.25. The zero-order chi connectivity index (χ0) is 22.1. The number of fused-ring (bicyclic) bond motifs is 1. The molecule has 1 unspecified atom stereocenters. The first-order valence-corrected chi connectivity index (χ1v) is 11.3. The van der Waals surface area contributed by atoms with E-state index in [9.17, 15) is 19.1 Å². The van der Waals surface area contributed by atoms with Crippen molar-refractivity contribution in [2.24, 2.45) is 0 Å². The van der Waals surface area contributed by atoms with Crippen LogP contribution in [0.3, 0.4) is 0 Å². The second kappa shape index (κ2) is 9.12. The molecule has 0 spiro atoms. The number of aliphatic hydroxyl groups is 1. The average molecular weight is 433 g/mol. The van der Waals surface area contributed by atoms with Gasteiger partial charge in [0.15, 0.2) is 0 Å². The van der Waals surface area contributed by atoms with Crippen LogP contribution in [-0.4, -0.2) is 77.1 Å². The van der Waals surface area contributed by atoms with Crippen LogP contribution in [0.4, 0.5) is 10.1 Å². The Bertz CT molecular complexity index is 817. The predicted octanol–water partition coefficient (Wildman–Crippen LogP) is 1.42. The topological polar surface area (TPSA) is 84.9 Å². The summed E-state index contributed by atoms with van der Waals surface area (Å²) in [5, 5.41) is 16.1. The molecule has 2 amide bonds. The van der Waals surface area contributed by atoms with Gasteiger partial charge in [0.25, 0.3) is 0 Å². The summed E-state index contributed by atoms with van der Waals surface area (Å²) in [7, 11) is 0. The van der Waals surface area contributed by atoms with Crippen LogP contribution in [0.5, 0.6) is 0 Å². The van der Waals surface area contributed by atoms with Crippen LogP contribution in [0.2, 0.25) is 0 Å². The molecule has 3 N–H and O–H groups in total. The highest BCUT2D eigenvalue weighted by Crippen LogP contribution is 2.32. The zero-order valence-electron chi connectivity index (χ0n) is 18.4. The van der Waals surface area contributed by atoms with E-state index in [1.165, 1.54) is 6.07 Å². The molecular weight excluding hydrogens is 399 g/mol. The first kappa shape index (κ1) is 22.0. The van der Waals surface area contributed by atoms with Crippen molar-refractivity contribution in [2.75, 3.05) is 31.6 Å². The van der Waals surface area contributed by atoms with Crippen molar-refractivity contribution in [3.63, 3.8) is 0 Å². The Balaban J connectivity index is 1.33. The van der Waals surface area contributed by atoms with Gasteiger partial charge in [0.2, 0.25) is 11.8 Å². The van der Waals surface area contributed by atoms with E-state index in [1.54, 1.807) is 17.9 Å². The molecule has 4 atom stereocenters. The third-order valence-corrected chi connectivity index (χ3v) is 7.15. The maximum Gasteiger partial charge on any atom is 0.243 e. The summed E-state index contributed by atoms with van der Waals surface area (Å²) in [6.45, 7) is 5.52. The number of carbonyl (C=O) groups excluding carboxylic acids is 2. The first-order valence-electron chi connectivity index (χ1n) is 11.3. The lowest BCUT2D eigenvalue weighted by Gasteiger charge is -2.45. The number of amides is 2. The highest BCUT2D eigenvalue weighted by molar-refractivity contribution is 5.88. The molecule has 0 radical (unpaired) electrons. The molecule has 0 aromatic heterocycles. The highest BCUT2D eigenvalue weighted by atomic mass is 19.1. The van der Waals surface area contributed by atoms with Crippen LogP contribution < -0.4 is 10.6 Å². The maximum absolute atomic E-state index is 14.1. The largest absolute Gasteiger partial charge is 0.394 e. The molecule has 0 bridgehead atoms. The number of aliphatic hydroxyl groups excluding tert-OH is 1. The summed E-state index contributed by atoms with van der Waals surface area (Å²) in [5.41, 5.74) is 2.30. The lowest BCUT2D eigenvalue weighted by molar-refractivity contribution is -0.136. The third kappa shape index (κ3) is 4.55. The van der Waals surface area contributed by atoms with Crippen molar-refractivity contribution in [1.82, 2.24) is 15.1 Å². The minimum absolute atomic E-state index is 0.00391. The lowest BCUT2D eigenvalue weighted by Crippen LogP contribution is -2.59. The molecule has 1 aliphatic carbocycles. The molecule has 170 valence electrons. The van der Waals surface area contributed by atoms with Gasteiger partial charge in [0.05, 0.1) is 12.6 Å². The Morgan fingerprint density at radius 1 is 1.29 bits per heavy atom. The van der Waals surface area contributed by atoms with Crippen molar-refractivity contribution < 1.29 is 19.1 Å². The van der Waals surface area contributed by atoms with Crippen LogP contribution in [0, 0.1) is 12.7 Å². The smallest absolute Gasteiger partial charge is 0.243 e. The Kier molecular flexibility index (Phi) is 6.48.